The third kappa shape index (κ3) is 2.73. The van der Waals surface area contributed by atoms with Crippen molar-refractivity contribution < 1.29 is 24.4 Å². The van der Waals surface area contributed by atoms with E-state index in [0.29, 0.717) is 5.56 Å². The molecule has 0 aliphatic carbocycles. The number of aliphatic carboxylic acids is 1. The van der Waals surface area contributed by atoms with Gasteiger partial charge >= 0.3 is 5.97 Å². The molecule has 0 atom stereocenters. The van der Waals surface area contributed by atoms with Gasteiger partial charge in [-0.25, -0.2) is 9.69 Å². The maximum atomic E-state index is 12.7. The number of hydrogen-bond donors (Lipinski definition) is 1. The van der Waals surface area contributed by atoms with Crippen LogP contribution in [-0.4, -0.2) is 27.8 Å². The quantitative estimate of drug-likeness (QED) is 0.391. The Labute approximate surface area is 147 Å². The zero-order chi connectivity index (χ0) is 19.0. The maximum absolute atomic E-state index is 12.7. The molecule has 0 bridgehead atoms. The second-order valence-electron chi connectivity index (χ2n) is 5.62. The van der Waals surface area contributed by atoms with Crippen LogP contribution in [0.1, 0.15) is 33.2 Å². The van der Waals surface area contributed by atoms with Gasteiger partial charge in [0.25, 0.3) is 17.5 Å². The fourth-order valence-corrected chi connectivity index (χ4v) is 2.67. The van der Waals surface area contributed by atoms with Crippen molar-refractivity contribution in [1.82, 2.24) is 0 Å². The Morgan fingerprint density at radius 2 is 1.77 bits per heavy atom. The van der Waals surface area contributed by atoms with Crippen LogP contribution in [0, 0.1) is 10.1 Å². The van der Waals surface area contributed by atoms with Crippen LogP contribution in [0.3, 0.4) is 0 Å². The highest BCUT2D eigenvalue weighted by Crippen LogP contribution is 2.33. The summed E-state index contributed by atoms with van der Waals surface area (Å²) in [7, 11) is 0. The van der Waals surface area contributed by atoms with Crippen molar-refractivity contribution in [3.63, 3.8) is 0 Å². The highest BCUT2D eigenvalue weighted by Gasteiger charge is 2.38. The Balaban J connectivity index is 2.11. The first-order chi connectivity index (χ1) is 12.3. The molecule has 2 aromatic carbocycles. The fourth-order valence-electron chi connectivity index (χ4n) is 2.67. The summed E-state index contributed by atoms with van der Waals surface area (Å²) in [5.74, 6) is -2.44. The van der Waals surface area contributed by atoms with Gasteiger partial charge in [-0.1, -0.05) is 18.2 Å². The number of nitro groups is 1. The van der Waals surface area contributed by atoms with E-state index in [1.807, 2.05) is 0 Å². The summed E-state index contributed by atoms with van der Waals surface area (Å²) in [6, 6.07) is 9.81. The number of nitrogens with zero attached hydrogens (tertiary/aromatic N) is 2. The van der Waals surface area contributed by atoms with E-state index in [2.05, 4.69) is 0 Å². The molecule has 26 heavy (non-hydrogen) atoms. The molecule has 0 saturated carbocycles. The Bertz CT molecular complexity index is 1010. The summed E-state index contributed by atoms with van der Waals surface area (Å²) in [4.78, 5) is 47.6. The zero-order valence-corrected chi connectivity index (χ0v) is 13.5. The lowest BCUT2D eigenvalue weighted by atomic mass is 10.1. The molecule has 3 rings (SSSR count). The van der Waals surface area contributed by atoms with Crippen molar-refractivity contribution in [3.05, 3.63) is 74.8 Å². The molecule has 2 aromatic rings. The molecule has 130 valence electrons. The van der Waals surface area contributed by atoms with E-state index < -0.39 is 22.7 Å². The number of carbonyl (C=O) groups excluding carboxylic acids is 2. The minimum absolute atomic E-state index is 0.0321. The molecule has 0 fully saturated rings. The third-order valence-corrected chi connectivity index (χ3v) is 3.97. The Morgan fingerprint density at radius 1 is 1.12 bits per heavy atom. The molecule has 0 spiro atoms. The number of benzene rings is 2. The number of fused-ring (bicyclic) bond motifs is 1. The molecule has 1 N–H and O–H groups in total. The second-order valence-corrected chi connectivity index (χ2v) is 5.62. The van der Waals surface area contributed by atoms with Gasteiger partial charge in [-0.05, 0) is 30.7 Å². The minimum Gasteiger partial charge on any atom is -0.478 e. The zero-order valence-electron chi connectivity index (χ0n) is 13.5. The van der Waals surface area contributed by atoms with E-state index in [-0.39, 0.29) is 28.1 Å². The van der Waals surface area contributed by atoms with Crippen molar-refractivity contribution in [2.24, 2.45) is 0 Å². The molecule has 0 saturated heterocycles. The number of anilines is 1. The summed E-state index contributed by atoms with van der Waals surface area (Å²) in [5.41, 5.74) is 0.331. The van der Waals surface area contributed by atoms with E-state index in [0.717, 1.165) is 17.0 Å². The lowest BCUT2D eigenvalue weighted by Crippen LogP contribution is -2.30. The van der Waals surface area contributed by atoms with Crippen molar-refractivity contribution in [2.45, 2.75) is 6.92 Å². The van der Waals surface area contributed by atoms with E-state index >= 15 is 0 Å². The lowest BCUT2D eigenvalue weighted by Gasteiger charge is -2.16. The molecular weight excluding hydrogens is 340 g/mol. The Hall–Kier alpha value is -3.81. The van der Waals surface area contributed by atoms with Gasteiger partial charge < -0.3 is 5.11 Å². The number of amides is 2. The van der Waals surface area contributed by atoms with Crippen LogP contribution in [0.4, 0.5) is 11.4 Å². The average Bonchev–Trinajstić information content (AvgIpc) is 2.86. The first kappa shape index (κ1) is 17.0. The molecular formula is C18H12N2O6. The smallest absolute Gasteiger partial charge is 0.331 e. The van der Waals surface area contributed by atoms with Gasteiger partial charge in [-0.3, -0.25) is 19.7 Å². The van der Waals surface area contributed by atoms with Crippen LogP contribution < -0.4 is 4.90 Å². The van der Waals surface area contributed by atoms with E-state index in [4.69, 9.17) is 5.11 Å². The summed E-state index contributed by atoms with van der Waals surface area (Å²) in [5, 5.41) is 20.0. The number of hydrogen-bond acceptors (Lipinski definition) is 5. The topological polar surface area (TPSA) is 118 Å². The van der Waals surface area contributed by atoms with E-state index in [1.54, 1.807) is 18.2 Å². The standard InChI is InChI=1S/C18H12N2O6/c1-10(18(23)24)8-11-4-2-3-5-15(11)19-16(21)13-7-6-12(20(25)26)9-14(13)17(19)22/h2-9H,1H3,(H,23,24). The van der Waals surface area contributed by atoms with Crippen LogP contribution in [0.5, 0.6) is 0 Å². The van der Waals surface area contributed by atoms with Crippen molar-refractivity contribution in [2.75, 3.05) is 4.90 Å². The van der Waals surface area contributed by atoms with Crippen molar-refractivity contribution in [1.29, 1.82) is 0 Å². The Kier molecular flexibility index (Phi) is 4.09. The predicted octanol–water partition coefficient (Wildman–Crippen LogP) is 2.88. The molecule has 2 amide bonds. The number of imide groups is 1. The number of rotatable bonds is 4. The van der Waals surface area contributed by atoms with Crippen LogP contribution in [0.15, 0.2) is 48.0 Å². The lowest BCUT2D eigenvalue weighted by molar-refractivity contribution is -0.384. The van der Waals surface area contributed by atoms with Crippen molar-refractivity contribution in [3.8, 4) is 0 Å². The van der Waals surface area contributed by atoms with Crippen molar-refractivity contribution >= 4 is 35.2 Å². The molecule has 0 radical (unpaired) electrons. The molecule has 0 aromatic heterocycles. The van der Waals surface area contributed by atoms with E-state index in [1.165, 1.54) is 25.1 Å². The Morgan fingerprint density at radius 3 is 2.42 bits per heavy atom. The fraction of sp³-hybridized carbons (Fsp3) is 0.0556. The predicted molar refractivity (Wildman–Crippen MR) is 92.0 cm³/mol. The number of para-hydroxylation sites is 1. The van der Waals surface area contributed by atoms with Gasteiger partial charge in [0.2, 0.25) is 0 Å². The highest BCUT2D eigenvalue weighted by molar-refractivity contribution is 6.35. The minimum atomic E-state index is -1.13. The number of carbonyl (C=O) groups is 3. The summed E-state index contributed by atoms with van der Waals surface area (Å²) in [6.07, 6.45) is 1.35. The van der Waals surface area contributed by atoms with Crippen LogP contribution in [0.2, 0.25) is 0 Å². The summed E-state index contributed by atoms with van der Waals surface area (Å²) in [6.45, 7) is 1.39. The second kappa shape index (κ2) is 6.25. The number of carboxylic acids is 1. The van der Waals surface area contributed by atoms with Gasteiger partial charge in [0.05, 0.1) is 21.7 Å². The number of nitro benzene ring substituents is 1. The molecule has 0 unspecified atom stereocenters. The summed E-state index contributed by atoms with van der Waals surface area (Å²) >= 11 is 0. The highest BCUT2D eigenvalue weighted by atomic mass is 16.6. The van der Waals surface area contributed by atoms with Gasteiger partial charge in [0.1, 0.15) is 0 Å². The van der Waals surface area contributed by atoms with E-state index in [9.17, 15) is 24.5 Å². The molecule has 8 heteroatoms. The largest absolute Gasteiger partial charge is 0.478 e. The van der Waals surface area contributed by atoms with Gasteiger partial charge in [0.15, 0.2) is 0 Å². The molecule has 1 aliphatic heterocycles. The molecule has 1 aliphatic rings. The van der Waals surface area contributed by atoms with Gasteiger partial charge in [-0.2, -0.15) is 0 Å². The van der Waals surface area contributed by atoms with Crippen LogP contribution in [-0.2, 0) is 4.79 Å². The SMILES string of the molecule is CC(=Cc1ccccc1N1C(=O)c2ccc([N+](=O)[O-])cc2C1=O)C(=O)O. The number of non-ortho nitro benzene ring substituents is 1. The van der Waals surface area contributed by atoms with Crippen LogP contribution >= 0.6 is 0 Å². The van der Waals surface area contributed by atoms with Gasteiger partial charge in [-0.15, -0.1) is 0 Å². The maximum Gasteiger partial charge on any atom is 0.331 e. The van der Waals surface area contributed by atoms with Gasteiger partial charge in [0, 0.05) is 17.7 Å². The first-order valence-corrected chi connectivity index (χ1v) is 7.49. The normalized spacial score (nSPS) is 13.7. The third-order valence-electron chi connectivity index (χ3n) is 3.97. The van der Waals surface area contributed by atoms with Crippen LogP contribution in [0.25, 0.3) is 6.08 Å². The first-order valence-electron chi connectivity index (χ1n) is 7.49. The summed E-state index contributed by atoms with van der Waals surface area (Å²) < 4.78 is 0. The monoisotopic (exact) mass is 352 g/mol. The number of carboxylic acid groups (broad SMARTS) is 1. The molecule has 1 heterocycles. The average molecular weight is 352 g/mol. The molecule has 8 nitrogen and oxygen atoms in total.